The highest BCUT2D eigenvalue weighted by atomic mass is 16.5. The summed E-state index contributed by atoms with van der Waals surface area (Å²) in [5.41, 5.74) is -0.562. The van der Waals surface area contributed by atoms with Crippen molar-refractivity contribution in [3.63, 3.8) is 0 Å². The van der Waals surface area contributed by atoms with Crippen LogP contribution < -0.4 is 5.32 Å². The van der Waals surface area contributed by atoms with E-state index in [4.69, 9.17) is 4.74 Å². The van der Waals surface area contributed by atoms with Gasteiger partial charge in [0.2, 0.25) is 0 Å². The zero-order valence-corrected chi connectivity index (χ0v) is 10.1. The number of ether oxygens (including phenoxy) is 1. The summed E-state index contributed by atoms with van der Waals surface area (Å²) in [7, 11) is 0. The molecule has 0 radical (unpaired) electrons. The van der Waals surface area contributed by atoms with E-state index in [-0.39, 0.29) is 0 Å². The maximum absolute atomic E-state index is 9.77. The highest BCUT2D eigenvalue weighted by molar-refractivity contribution is 4.74. The summed E-state index contributed by atoms with van der Waals surface area (Å²) in [6, 6.07) is 0. The largest absolute Gasteiger partial charge is 0.389 e. The molecule has 1 aliphatic heterocycles. The van der Waals surface area contributed by atoms with Gasteiger partial charge in [0, 0.05) is 13.2 Å². The van der Waals surface area contributed by atoms with Crippen LogP contribution in [-0.4, -0.2) is 36.5 Å². The van der Waals surface area contributed by atoms with Crippen LogP contribution in [0, 0.1) is 0 Å². The smallest absolute Gasteiger partial charge is 0.0740 e. The molecule has 0 aromatic rings. The average molecular weight is 215 g/mol. The molecule has 0 aromatic heterocycles. The molecule has 0 bridgehead atoms. The molecule has 90 valence electrons. The van der Waals surface area contributed by atoms with Crippen molar-refractivity contribution in [1.29, 1.82) is 0 Å². The second-order valence-corrected chi connectivity index (χ2v) is 4.80. The number of hydrogen-bond donors (Lipinski definition) is 2. The van der Waals surface area contributed by atoms with Crippen molar-refractivity contribution in [3.8, 4) is 0 Å². The summed E-state index contributed by atoms with van der Waals surface area (Å²) >= 11 is 0. The fourth-order valence-corrected chi connectivity index (χ4v) is 1.78. The maximum Gasteiger partial charge on any atom is 0.0740 e. The van der Waals surface area contributed by atoms with Gasteiger partial charge in [-0.15, -0.1) is 0 Å². The van der Waals surface area contributed by atoms with Gasteiger partial charge in [0.15, 0.2) is 0 Å². The molecule has 2 N–H and O–H groups in total. The van der Waals surface area contributed by atoms with Gasteiger partial charge in [-0.1, -0.05) is 6.92 Å². The van der Waals surface area contributed by atoms with Gasteiger partial charge >= 0.3 is 0 Å². The van der Waals surface area contributed by atoms with Crippen molar-refractivity contribution in [2.75, 3.05) is 19.7 Å². The fourth-order valence-electron chi connectivity index (χ4n) is 1.78. The van der Waals surface area contributed by atoms with E-state index >= 15 is 0 Å². The third-order valence-corrected chi connectivity index (χ3v) is 3.18. The van der Waals surface area contributed by atoms with Gasteiger partial charge in [0.25, 0.3) is 0 Å². The van der Waals surface area contributed by atoms with Crippen molar-refractivity contribution in [2.24, 2.45) is 0 Å². The van der Waals surface area contributed by atoms with Crippen LogP contribution in [-0.2, 0) is 4.74 Å². The summed E-state index contributed by atoms with van der Waals surface area (Å²) in [6.07, 6.45) is 6.02. The van der Waals surface area contributed by atoms with Crippen molar-refractivity contribution in [3.05, 3.63) is 0 Å². The van der Waals surface area contributed by atoms with Crippen molar-refractivity contribution < 1.29 is 9.84 Å². The Balaban J connectivity index is 2.00. The molecule has 0 saturated carbocycles. The first kappa shape index (κ1) is 12.9. The highest BCUT2D eigenvalue weighted by Gasteiger charge is 2.17. The number of aliphatic hydroxyl groups is 1. The molecule has 1 heterocycles. The minimum atomic E-state index is -0.562. The molecule has 15 heavy (non-hydrogen) atoms. The first-order valence-electron chi connectivity index (χ1n) is 6.19. The van der Waals surface area contributed by atoms with E-state index in [1.165, 1.54) is 19.3 Å². The second kappa shape index (κ2) is 6.46. The van der Waals surface area contributed by atoms with Crippen molar-refractivity contribution >= 4 is 0 Å². The Hall–Kier alpha value is -0.120. The van der Waals surface area contributed by atoms with E-state index < -0.39 is 5.60 Å². The lowest BCUT2D eigenvalue weighted by Gasteiger charge is -2.25. The van der Waals surface area contributed by atoms with Crippen LogP contribution in [0.4, 0.5) is 0 Å². The normalized spacial score (nSPS) is 26.2. The first-order valence-corrected chi connectivity index (χ1v) is 6.19. The molecule has 0 aromatic carbocycles. The van der Waals surface area contributed by atoms with Gasteiger partial charge in [-0.05, 0) is 45.6 Å². The van der Waals surface area contributed by atoms with Gasteiger partial charge in [0.05, 0.1) is 11.7 Å². The second-order valence-electron chi connectivity index (χ2n) is 4.80. The summed E-state index contributed by atoms with van der Waals surface area (Å²) in [4.78, 5) is 0. The molecule has 1 fully saturated rings. The minimum Gasteiger partial charge on any atom is -0.389 e. The Morgan fingerprint density at radius 2 is 2.27 bits per heavy atom. The summed E-state index contributed by atoms with van der Waals surface area (Å²) in [6.45, 7) is 6.43. The van der Waals surface area contributed by atoms with Crippen LogP contribution in [0.15, 0.2) is 0 Å². The lowest BCUT2D eigenvalue weighted by Crippen LogP contribution is -2.38. The molecule has 0 aliphatic carbocycles. The Morgan fingerprint density at radius 1 is 1.47 bits per heavy atom. The molecule has 3 heteroatoms. The van der Waals surface area contributed by atoms with E-state index in [0.29, 0.717) is 12.6 Å². The van der Waals surface area contributed by atoms with Crippen LogP contribution in [0.2, 0.25) is 0 Å². The molecule has 2 unspecified atom stereocenters. The zero-order valence-electron chi connectivity index (χ0n) is 10.1. The van der Waals surface area contributed by atoms with E-state index in [1.54, 1.807) is 0 Å². The Morgan fingerprint density at radius 3 is 2.87 bits per heavy atom. The van der Waals surface area contributed by atoms with E-state index in [2.05, 4.69) is 5.32 Å². The van der Waals surface area contributed by atoms with Gasteiger partial charge < -0.3 is 15.2 Å². The molecule has 0 amide bonds. The maximum atomic E-state index is 9.77. The summed E-state index contributed by atoms with van der Waals surface area (Å²) in [5.74, 6) is 0. The fraction of sp³-hybridized carbons (Fsp3) is 1.00. The Labute approximate surface area is 93.2 Å². The molecular weight excluding hydrogens is 190 g/mol. The van der Waals surface area contributed by atoms with E-state index in [1.807, 2.05) is 13.8 Å². The quantitative estimate of drug-likeness (QED) is 0.663. The molecule has 1 aliphatic rings. The van der Waals surface area contributed by atoms with Crippen LogP contribution in [0.5, 0.6) is 0 Å². The van der Waals surface area contributed by atoms with Gasteiger partial charge in [-0.2, -0.15) is 0 Å². The third kappa shape index (κ3) is 5.50. The molecule has 1 saturated heterocycles. The van der Waals surface area contributed by atoms with Gasteiger partial charge in [-0.25, -0.2) is 0 Å². The zero-order chi connectivity index (χ0) is 11.1. The highest BCUT2D eigenvalue weighted by Crippen LogP contribution is 2.15. The van der Waals surface area contributed by atoms with Crippen molar-refractivity contribution in [2.45, 2.75) is 57.7 Å². The number of nitrogens with one attached hydrogen (secondary N) is 1. The van der Waals surface area contributed by atoms with Crippen LogP contribution >= 0.6 is 0 Å². The van der Waals surface area contributed by atoms with E-state index in [0.717, 1.165) is 26.0 Å². The Bertz CT molecular complexity index is 165. The summed E-state index contributed by atoms with van der Waals surface area (Å²) < 4.78 is 5.63. The lowest BCUT2D eigenvalue weighted by atomic mass is 10.0. The Kier molecular flexibility index (Phi) is 5.58. The monoisotopic (exact) mass is 215 g/mol. The number of rotatable bonds is 6. The van der Waals surface area contributed by atoms with Crippen LogP contribution in [0.3, 0.4) is 0 Å². The first-order chi connectivity index (χ1) is 7.14. The third-order valence-electron chi connectivity index (χ3n) is 3.18. The predicted octanol–water partition coefficient (Wildman–Crippen LogP) is 1.70. The predicted molar refractivity (Wildman–Crippen MR) is 62.0 cm³/mol. The molecule has 2 atom stereocenters. The lowest BCUT2D eigenvalue weighted by molar-refractivity contribution is 0.00930. The number of hydrogen-bond acceptors (Lipinski definition) is 3. The SMILES string of the molecule is CCC(C)(O)CNCCC1CCCCO1. The molecule has 0 spiro atoms. The summed E-state index contributed by atoms with van der Waals surface area (Å²) in [5, 5.41) is 13.1. The molecule has 3 nitrogen and oxygen atoms in total. The van der Waals surface area contributed by atoms with Gasteiger partial charge in [0.1, 0.15) is 0 Å². The average Bonchev–Trinajstić information content (AvgIpc) is 2.26. The minimum absolute atomic E-state index is 0.442. The van der Waals surface area contributed by atoms with Crippen LogP contribution in [0.1, 0.15) is 46.0 Å². The van der Waals surface area contributed by atoms with Crippen LogP contribution in [0.25, 0.3) is 0 Å². The van der Waals surface area contributed by atoms with Gasteiger partial charge in [-0.3, -0.25) is 0 Å². The van der Waals surface area contributed by atoms with Crippen molar-refractivity contribution in [1.82, 2.24) is 5.32 Å². The van der Waals surface area contributed by atoms with E-state index in [9.17, 15) is 5.11 Å². The molecule has 1 rings (SSSR count). The topological polar surface area (TPSA) is 41.5 Å². The standard InChI is InChI=1S/C12H25NO2/c1-3-12(2,14)10-13-8-7-11-6-4-5-9-15-11/h11,13-14H,3-10H2,1-2H3. The molecular formula is C12H25NO2.